The summed E-state index contributed by atoms with van der Waals surface area (Å²) >= 11 is 0. The number of aliphatic carboxylic acids is 2. The lowest BCUT2D eigenvalue weighted by molar-refractivity contribution is -0.142. The molecule has 0 aliphatic carbocycles. The van der Waals surface area contributed by atoms with Crippen LogP contribution in [0.4, 0.5) is 23.1 Å². The van der Waals surface area contributed by atoms with E-state index in [-0.39, 0.29) is 42.4 Å². The second-order valence-electron chi connectivity index (χ2n) is 10.4. The van der Waals surface area contributed by atoms with Crippen molar-refractivity contribution in [1.82, 2.24) is 15.3 Å². The number of hydrogen-bond donors (Lipinski definition) is 12. The van der Waals surface area contributed by atoms with Crippen molar-refractivity contribution in [3.05, 3.63) is 40.2 Å². The lowest BCUT2D eigenvalue weighted by atomic mass is 9.94. The lowest BCUT2D eigenvalue weighted by Gasteiger charge is -2.43. The van der Waals surface area contributed by atoms with E-state index in [0.717, 1.165) is 0 Å². The van der Waals surface area contributed by atoms with Crippen LogP contribution in [0.1, 0.15) is 30.1 Å². The van der Waals surface area contributed by atoms with E-state index in [9.17, 15) is 34.2 Å². The van der Waals surface area contributed by atoms with Crippen molar-refractivity contribution in [1.29, 1.82) is 0 Å². The maximum Gasteiger partial charge on any atom is 0.333 e. The van der Waals surface area contributed by atoms with E-state index in [4.69, 9.17) is 31.9 Å². The molecule has 1 aliphatic rings. The Morgan fingerprint density at radius 3 is 2.30 bits per heavy atom. The number of fused-ring (bicyclic) bond motifs is 1. The fourth-order valence-electron chi connectivity index (χ4n) is 4.38. The van der Waals surface area contributed by atoms with Crippen LogP contribution in [-0.2, 0) is 14.4 Å². The SMILES string of the molecule is CCCC(NC(=O)c1ccc(NCC2(C(=O)O)CNc3nc(N)[nH]c(=O)c3N2C)cc1)C(=O)O.N[C@@H](C=O)[C@@H](O)[C@@H](O)[C@H](O)CO. The number of aliphatic hydroxyl groups is 4. The highest BCUT2D eigenvalue weighted by Crippen LogP contribution is 2.31. The van der Waals surface area contributed by atoms with Crippen LogP contribution in [0, 0.1) is 0 Å². The highest BCUT2D eigenvalue weighted by molar-refractivity contribution is 5.97. The van der Waals surface area contributed by atoms with Crippen LogP contribution in [0.3, 0.4) is 0 Å². The number of nitrogen functional groups attached to an aromatic ring is 1. The van der Waals surface area contributed by atoms with Gasteiger partial charge in [-0.05, 0) is 30.7 Å². The minimum atomic E-state index is -1.62. The smallest absolute Gasteiger partial charge is 0.333 e. The number of carboxylic acids is 2. The first-order chi connectivity index (χ1) is 21.6. The molecule has 1 aliphatic heterocycles. The van der Waals surface area contributed by atoms with Gasteiger partial charge in [-0.15, -0.1) is 0 Å². The van der Waals surface area contributed by atoms with Crippen LogP contribution >= 0.6 is 0 Å². The number of H-pyrrole nitrogens is 1. The first kappa shape index (κ1) is 37.4. The van der Waals surface area contributed by atoms with Gasteiger partial charge in [-0.2, -0.15) is 4.98 Å². The molecule has 14 N–H and O–H groups in total. The van der Waals surface area contributed by atoms with Gasteiger partial charge < -0.3 is 67.8 Å². The molecular formula is C27H40N8O11. The number of carbonyl (C=O) groups is 4. The van der Waals surface area contributed by atoms with E-state index < -0.39 is 65.9 Å². The van der Waals surface area contributed by atoms with Gasteiger partial charge in [-0.3, -0.25) is 14.6 Å². The van der Waals surface area contributed by atoms with E-state index in [1.165, 1.54) is 24.1 Å². The minimum Gasteiger partial charge on any atom is -0.480 e. The van der Waals surface area contributed by atoms with Gasteiger partial charge in [0.05, 0.1) is 25.7 Å². The predicted octanol–water partition coefficient (Wildman–Crippen LogP) is -3.28. The maximum absolute atomic E-state index is 12.4. The highest BCUT2D eigenvalue weighted by atomic mass is 16.4. The summed E-state index contributed by atoms with van der Waals surface area (Å²) in [5, 5.41) is 62.8. The molecule has 19 nitrogen and oxygen atoms in total. The van der Waals surface area contributed by atoms with Crippen LogP contribution in [0.2, 0.25) is 0 Å². The number of aldehydes is 1. The number of nitrogens with one attached hydrogen (secondary N) is 4. The number of rotatable bonds is 14. The van der Waals surface area contributed by atoms with Gasteiger partial charge >= 0.3 is 11.9 Å². The average Bonchev–Trinajstić information content (AvgIpc) is 3.02. The Morgan fingerprint density at radius 2 is 1.78 bits per heavy atom. The van der Waals surface area contributed by atoms with E-state index >= 15 is 0 Å². The van der Waals surface area contributed by atoms with Gasteiger partial charge in [0.15, 0.2) is 11.4 Å². The number of carboxylic acid groups (broad SMARTS) is 2. The topological polar surface area (TPSA) is 327 Å². The molecule has 0 bridgehead atoms. The number of nitrogens with two attached hydrogens (primary N) is 2. The van der Waals surface area contributed by atoms with Gasteiger partial charge in [0.2, 0.25) is 5.95 Å². The molecule has 254 valence electrons. The summed E-state index contributed by atoms with van der Waals surface area (Å²) in [5.74, 6) is -2.68. The third-order valence-electron chi connectivity index (χ3n) is 7.23. The Balaban J connectivity index is 0.000000521. The van der Waals surface area contributed by atoms with Crippen molar-refractivity contribution in [2.75, 3.05) is 48.0 Å². The van der Waals surface area contributed by atoms with Crippen molar-refractivity contribution in [3.8, 4) is 0 Å². The van der Waals surface area contributed by atoms with Crippen molar-refractivity contribution in [3.63, 3.8) is 0 Å². The second-order valence-corrected chi connectivity index (χ2v) is 10.4. The molecular weight excluding hydrogens is 612 g/mol. The molecule has 3 rings (SSSR count). The van der Waals surface area contributed by atoms with Crippen LogP contribution in [0.25, 0.3) is 0 Å². The van der Waals surface area contributed by atoms with Gasteiger partial charge in [0.25, 0.3) is 11.5 Å². The molecule has 1 aromatic carbocycles. The summed E-state index contributed by atoms with van der Waals surface area (Å²) in [6, 6.07) is 3.94. The summed E-state index contributed by atoms with van der Waals surface area (Å²) in [4.78, 5) is 66.1. The molecule has 0 saturated carbocycles. The predicted molar refractivity (Wildman–Crippen MR) is 164 cm³/mol. The van der Waals surface area contributed by atoms with Crippen LogP contribution in [-0.4, -0.2) is 127 Å². The monoisotopic (exact) mass is 652 g/mol. The third-order valence-corrected chi connectivity index (χ3v) is 7.23. The van der Waals surface area contributed by atoms with Crippen LogP contribution in [0.15, 0.2) is 29.1 Å². The molecule has 0 saturated heterocycles. The van der Waals surface area contributed by atoms with E-state index in [1.54, 1.807) is 12.1 Å². The number of nitrogens with zero attached hydrogens (tertiary/aromatic N) is 2. The molecule has 2 aromatic rings. The number of amides is 1. The van der Waals surface area contributed by atoms with Crippen molar-refractivity contribution < 1.29 is 49.8 Å². The van der Waals surface area contributed by atoms with Gasteiger partial charge in [0, 0.05) is 18.3 Å². The quantitative estimate of drug-likeness (QED) is 0.0890. The minimum absolute atomic E-state index is 0.0524. The first-order valence-electron chi connectivity index (χ1n) is 14.0. The molecule has 1 aromatic heterocycles. The molecule has 2 unspecified atom stereocenters. The van der Waals surface area contributed by atoms with Crippen molar-refractivity contribution >= 4 is 47.3 Å². The Bertz CT molecular complexity index is 1420. The molecule has 46 heavy (non-hydrogen) atoms. The summed E-state index contributed by atoms with van der Waals surface area (Å²) in [5.41, 5.74) is 9.36. The zero-order valence-corrected chi connectivity index (χ0v) is 25.1. The van der Waals surface area contributed by atoms with E-state index in [1.807, 2.05) is 6.92 Å². The molecule has 1 amide bonds. The standard InChI is InChI=1S/C21H27N7O6.C6H13NO5/c1-3-4-13(18(31)32)25-16(29)11-5-7-12(8-6-11)23-9-21(19(33)34)10-24-15-14(28(21)2)17(30)27-20(22)26-15;7-3(1-8)5(11)6(12)4(10)2-9/h5-8,13,23H,3-4,9-10H2,1-2H3,(H,25,29)(H,31,32)(H,33,34)(H4,22,24,26,27,30);1,3-6,9-12H,2,7H2/t;3-,4+,5+,6-/m.0/s1. The molecule has 0 radical (unpaired) electrons. The number of aromatic amines is 1. The van der Waals surface area contributed by atoms with Crippen LogP contribution in [0.5, 0.6) is 0 Å². The second kappa shape index (κ2) is 16.5. The number of carbonyl (C=O) groups excluding carboxylic acids is 2. The number of hydrogen-bond acceptors (Lipinski definition) is 15. The molecule has 0 fully saturated rings. The van der Waals surface area contributed by atoms with Crippen LogP contribution < -0.4 is 37.9 Å². The number of aliphatic hydroxyl groups excluding tert-OH is 4. The average molecular weight is 653 g/mol. The molecule has 2 heterocycles. The number of benzene rings is 1. The van der Waals surface area contributed by atoms with E-state index in [0.29, 0.717) is 18.5 Å². The normalized spacial score (nSPS) is 18.6. The van der Waals surface area contributed by atoms with Crippen molar-refractivity contribution in [2.24, 2.45) is 5.73 Å². The Labute approximate surface area is 262 Å². The summed E-state index contributed by atoms with van der Waals surface area (Å²) in [6.45, 7) is 0.984. The first-order valence-corrected chi connectivity index (χ1v) is 14.0. The Kier molecular flexibility index (Phi) is 13.4. The lowest BCUT2D eigenvalue weighted by Crippen LogP contribution is -2.65. The molecule has 0 spiro atoms. The Hall–Kier alpha value is -4.82. The fraction of sp³-hybridized carbons (Fsp3) is 0.481. The maximum atomic E-state index is 12.4. The number of aromatic nitrogens is 2. The summed E-state index contributed by atoms with van der Waals surface area (Å²) in [7, 11) is 1.49. The fourth-order valence-corrected chi connectivity index (χ4v) is 4.38. The van der Waals surface area contributed by atoms with Gasteiger partial charge in [0.1, 0.15) is 36.3 Å². The molecule has 19 heteroatoms. The summed E-state index contributed by atoms with van der Waals surface area (Å²) in [6.07, 6.45) is -3.51. The van der Waals surface area contributed by atoms with E-state index in [2.05, 4.69) is 25.9 Å². The Morgan fingerprint density at radius 1 is 1.15 bits per heavy atom. The van der Waals surface area contributed by atoms with Gasteiger partial charge in [-0.25, -0.2) is 9.59 Å². The largest absolute Gasteiger partial charge is 0.480 e. The van der Waals surface area contributed by atoms with Gasteiger partial charge in [-0.1, -0.05) is 13.3 Å². The third kappa shape index (κ3) is 8.88. The highest BCUT2D eigenvalue weighted by Gasteiger charge is 2.47. The molecule has 6 atom stereocenters. The number of anilines is 4. The zero-order valence-electron chi connectivity index (χ0n) is 25.1. The van der Waals surface area contributed by atoms with Crippen molar-refractivity contribution in [2.45, 2.75) is 55.7 Å². The summed E-state index contributed by atoms with van der Waals surface area (Å²) < 4.78 is 0. The number of likely N-dealkylation sites (N-methyl/N-ethyl adjacent to an activating group) is 1. The zero-order chi connectivity index (χ0) is 34.8.